The Morgan fingerprint density at radius 3 is 1.34 bits per heavy atom. The van der Waals surface area contributed by atoms with Gasteiger partial charge in [0.15, 0.2) is 0 Å². The van der Waals surface area contributed by atoms with Gasteiger partial charge in [0.1, 0.15) is 0 Å². The molecule has 0 bridgehead atoms. The second-order valence-electron chi connectivity index (χ2n) is 7.61. The number of nitrogens with zero attached hydrogens (tertiary/aromatic N) is 1. The van der Waals surface area contributed by atoms with E-state index in [1.165, 1.54) is 22.3 Å². The van der Waals surface area contributed by atoms with Crippen molar-refractivity contribution in [3.05, 3.63) is 138 Å². The number of rotatable bonds is 5. The Hall–Kier alpha value is -3.62. The standard InChI is InChI=1S/C30H22BrN/c31-25-17-21-28(22-18-25)32(26-11-5-2-6-12-26)27-19-15-24(16-20-27)30-14-8-7-13-29(30)23-9-3-1-4-10-23/h1-22H. The van der Waals surface area contributed by atoms with E-state index in [1.54, 1.807) is 0 Å². The SMILES string of the molecule is Brc1ccc(N(c2ccccc2)c2ccc(-c3ccccc3-c3ccccc3)cc2)cc1. The summed E-state index contributed by atoms with van der Waals surface area (Å²) in [6.45, 7) is 0. The van der Waals surface area contributed by atoms with Gasteiger partial charge in [0.2, 0.25) is 0 Å². The van der Waals surface area contributed by atoms with E-state index < -0.39 is 0 Å². The molecule has 1 nitrogen and oxygen atoms in total. The van der Waals surface area contributed by atoms with Crippen LogP contribution in [0.5, 0.6) is 0 Å². The molecule has 0 saturated carbocycles. The minimum absolute atomic E-state index is 1.07. The van der Waals surface area contributed by atoms with Gasteiger partial charge in [0, 0.05) is 21.5 Å². The largest absolute Gasteiger partial charge is 0.311 e. The highest BCUT2D eigenvalue weighted by molar-refractivity contribution is 9.10. The van der Waals surface area contributed by atoms with E-state index in [2.05, 4.69) is 148 Å². The Bertz CT molecular complexity index is 1290. The van der Waals surface area contributed by atoms with E-state index in [1.807, 2.05) is 6.07 Å². The van der Waals surface area contributed by atoms with Gasteiger partial charge in [-0.25, -0.2) is 0 Å². The van der Waals surface area contributed by atoms with Gasteiger partial charge < -0.3 is 4.90 Å². The summed E-state index contributed by atoms with van der Waals surface area (Å²) in [7, 11) is 0. The summed E-state index contributed by atoms with van der Waals surface area (Å²) in [6, 6.07) is 46.9. The summed E-state index contributed by atoms with van der Waals surface area (Å²) in [5, 5.41) is 0. The highest BCUT2D eigenvalue weighted by Gasteiger charge is 2.13. The average molecular weight is 476 g/mol. The lowest BCUT2D eigenvalue weighted by Gasteiger charge is -2.25. The van der Waals surface area contributed by atoms with Crippen LogP contribution >= 0.6 is 15.9 Å². The smallest absolute Gasteiger partial charge is 0.0462 e. The quantitative estimate of drug-likeness (QED) is 0.244. The Labute approximate surface area is 197 Å². The van der Waals surface area contributed by atoms with Crippen LogP contribution in [0.15, 0.2) is 138 Å². The van der Waals surface area contributed by atoms with E-state index in [0.29, 0.717) is 0 Å². The molecule has 5 aromatic carbocycles. The number of anilines is 3. The van der Waals surface area contributed by atoms with E-state index in [0.717, 1.165) is 21.5 Å². The molecule has 0 heterocycles. The first-order valence-corrected chi connectivity index (χ1v) is 11.4. The van der Waals surface area contributed by atoms with Crippen molar-refractivity contribution in [2.24, 2.45) is 0 Å². The van der Waals surface area contributed by atoms with Crippen LogP contribution in [0.4, 0.5) is 17.1 Å². The lowest BCUT2D eigenvalue weighted by Crippen LogP contribution is -2.09. The van der Waals surface area contributed by atoms with Crippen LogP contribution in [-0.2, 0) is 0 Å². The number of hydrogen-bond donors (Lipinski definition) is 0. The van der Waals surface area contributed by atoms with Crippen LogP contribution in [0.3, 0.4) is 0 Å². The Morgan fingerprint density at radius 2 is 0.781 bits per heavy atom. The molecule has 5 aromatic rings. The average Bonchev–Trinajstić information content (AvgIpc) is 2.87. The first kappa shape index (κ1) is 20.3. The lowest BCUT2D eigenvalue weighted by molar-refractivity contribution is 1.28. The van der Waals surface area contributed by atoms with Crippen LogP contribution in [0.2, 0.25) is 0 Å². The summed E-state index contributed by atoms with van der Waals surface area (Å²) in [4.78, 5) is 2.28. The maximum Gasteiger partial charge on any atom is 0.0462 e. The molecule has 154 valence electrons. The molecule has 0 unspecified atom stereocenters. The zero-order chi connectivity index (χ0) is 21.8. The van der Waals surface area contributed by atoms with E-state index >= 15 is 0 Å². The monoisotopic (exact) mass is 475 g/mol. The van der Waals surface area contributed by atoms with Crippen molar-refractivity contribution in [2.45, 2.75) is 0 Å². The van der Waals surface area contributed by atoms with E-state index in [-0.39, 0.29) is 0 Å². The number of benzene rings is 5. The Morgan fingerprint density at radius 1 is 0.375 bits per heavy atom. The predicted molar refractivity (Wildman–Crippen MR) is 140 cm³/mol. The fourth-order valence-electron chi connectivity index (χ4n) is 4.01. The van der Waals surface area contributed by atoms with Crippen molar-refractivity contribution < 1.29 is 0 Å². The number of para-hydroxylation sites is 1. The lowest BCUT2D eigenvalue weighted by atomic mass is 9.94. The van der Waals surface area contributed by atoms with Gasteiger partial charge in [-0.05, 0) is 70.8 Å². The maximum atomic E-state index is 3.55. The predicted octanol–water partition coefficient (Wildman–Crippen LogP) is 9.25. The molecule has 2 heteroatoms. The van der Waals surface area contributed by atoms with E-state index in [4.69, 9.17) is 0 Å². The normalized spacial score (nSPS) is 10.7. The van der Waals surface area contributed by atoms with Crippen LogP contribution in [0.25, 0.3) is 22.3 Å². The van der Waals surface area contributed by atoms with Crippen molar-refractivity contribution in [1.82, 2.24) is 0 Å². The Kier molecular flexibility index (Phi) is 5.87. The molecule has 0 spiro atoms. The molecule has 0 atom stereocenters. The van der Waals surface area contributed by atoms with Crippen molar-refractivity contribution >= 4 is 33.0 Å². The third-order valence-electron chi connectivity index (χ3n) is 5.55. The number of halogens is 1. The highest BCUT2D eigenvalue weighted by Crippen LogP contribution is 2.37. The second-order valence-corrected chi connectivity index (χ2v) is 8.52. The molecule has 0 saturated heterocycles. The third kappa shape index (κ3) is 4.23. The molecule has 0 radical (unpaired) electrons. The molecule has 0 N–H and O–H groups in total. The summed E-state index contributed by atoms with van der Waals surface area (Å²) >= 11 is 3.55. The van der Waals surface area contributed by atoms with Gasteiger partial charge in [-0.1, -0.05) is 101 Å². The van der Waals surface area contributed by atoms with Gasteiger partial charge in [0.05, 0.1) is 0 Å². The van der Waals surface area contributed by atoms with Crippen LogP contribution in [0.1, 0.15) is 0 Å². The molecule has 0 aliphatic rings. The highest BCUT2D eigenvalue weighted by atomic mass is 79.9. The Balaban J connectivity index is 1.56. The molecule has 32 heavy (non-hydrogen) atoms. The topological polar surface area (TPSA) is 3.24 Å². The molecule has 0 aliphatic carbocycles. The molecular weight excluding hydrogens is 454 g/mol. The zero-order valence-electron chi connectivity index (χ0n) is 17.5. The third-order valence-corrected chi connectivity index (χ3v) is 6.08. The van der Waals surface area contributed by atoms with Crippen molar-refractivity contribution in [3.8, 4) is 22.3 Å². The van der Waals surface area contributed by atoms with Crippen LogP contribution < -0.4 is 4.90 Å². The first-order chi connectivity index (χ1) is 15.8. The molecule has 0 amide bonds. The van der Waals surface area contributed by atoms with Gasteiger partial charge in [-0.15, -0.1) is 0 Å². The fraction of sp³-hybridized carbons (Fsp3) is 0. The number of hydrogen-bond acceptors (Lipinski definition) is 1. The summed E-state index contributed by atoms with van der Waals surface area (Å²) in [6.07, 6.45) is 0. The van der Waals surface area contributed by atoms with Crippen LogP contribution in [0, 0.1) is 0 Å². The van der Waals surface area contributed by atoms with Gasteiger partial charge >= 0.3 is 0 Å². The zero-order valence-corrected chi connectivity index (χ0v) is 19.1. The van der Waals surface area contributed by atoms with Gasteiger partial charge in [-0.2, -0.15) is 0 Å². The summed E-state index contributed by atoms with van der Waals surface area (Å²) in [5.74, 6) is 0. The molecule has 0 aliphatic heterocycles. The first-order valence-electron chi connectivity index (χ1n) is 10.7. The molecule has 5 rings (SSSR count). The minimum Gasteiger partial charge on any atom is -0.311 e. The fourth-order valence-corrected chi connectivity index (χ4v) is 4.27. The summed E-state index contributed by atoms with van der Waals surface area (Å²) < 4.78 is 1.07. The van der Waals surface area contributed by atoms with Crippen molar-refractivity contribution in [3.63, 3.8) is 0 Å². The second kappa shape index (κ2) is 9.25. The van der Waals surface area contributed by atoms with E-state index in [9.17, 15) is 0 Å². The van der Waals surface area contributed by atoms with Crippen LogP contribution in [-0.4, -0.2) is 0 Å². The molecule has 0 aromatic heterocycles. The van der Waals surface area contributed by atoms with Crippen molar-refractivity contribution in [2.75, 3.05) is 4.90 Å². The molecular formula is C30H22BrN. The summed E-state index contributed by atoms with van der Waals surface area (Å²) in [5.41, 5.74) is 8.29. The van der Waals surface area contributed by atoms with Gasteiger partial charge in [0.25, 0.3) is 0 Å². The van der Waals surface area contributed by atoms with Crippen molar-refractivity contribution in [1.29, 1.82) is 0 Å². The molecule has 0 fully saturated rings. The van der Waals surface area contributed by atoms with Gasteiger partial charge in [-0.3, -0.25) is 0 Å². The minimum atomic E-state index is 1.07. The maximum absolute atomic E-state index is 3.55.